The standard InChI is InChI=1S/C15H19NO4/c1-16(2)14(17)4-3-11-20-13-8-5-12(6-9-13)7-10-15(18)19/h5-10H,3-4,11H2,1-2H3,(H,18,19). The number of hydrogen-bond donors (Lipinski definition) is 1. The van der Waals surface area contributed by atoms with Gasteiger partial charge in [0.2, 0.25) is 5.91 Å². The summed E-state index contributed by atoms with van der Waals surface area (Å²) in [5.74, 6) is -0.187. The van der Waals surface area contributed by atoms with Crippen molar-refractivity contribution in [3.8, 4) is 5.75 Å². The predicted octanol–water partition coefficient (Wildman–Crippen LogP) is 2.03. The van der Waals surface area contributed by atoms with Crippen LogP contribution in [0.15, 0.2) is 30.3 Å². The molecule has 1 rings (SSSR count). The maximum Gasteiger partial charge on any atom is 0.328 e. The molecule has 1 N–H and O–H groups in total. The molecule has 0 atom stereocenters. The Morgan fingerprint density at radius 3 is 2.45 bits per heavy atom. The third kappa shape index (κ3) is 6.04. The molecule has 1 aromatic rings. The van der Waals surface area contributed by atoms with Gasteiger partial charge in [-0.3, -0.25) is 4.79 Å². The number of carboxylic acids is 1. The molecule has 0 aliphatic heterocycles. The molecule has 108 valence electrons. The zero-order chi connectivity index (χ0) is 15.0. The number of carboxylic acid groups (broad SMARTS) is 1. The zero-order valence-electron chi connectivity index (χ0n) is 11.7. The van der Waals surface area contributed by atoms with Crippen molar-refractivity contribution >= 4 is 18.0 Å². The van der Waals surface area contributed by atoms with Crippen molar-refractivity contribution in [2.75, 3.05) is 20.7 Å². The highest BCUT2D eigenvalue weighted by Crippen LogP contribution is 2.13. The van der Waals surface area contributed by atoms with Crippen LogP contribution in [-0.4, -0.2) is 42.6 Å². The molecule has 1 amide bonds. The van der Waals surface area contributed by atoms with E-state index in [-0.39, 0.29) is 5.91 Å². The number of amides is 1. The smallest absolute Gasteiger partial charge is 0.328 e. The number of nitrogens with zero attached hydrogens (tertiary/aromatic N) is 1. The highest BCUT2D eigenvalue weighted by Gasteiger charge is 2.03. The van der Waals surface area contributed by atoms with Crippen LogP contribution in [0.3, 0.4) is 0 Å². The van der Waals surface area contributed by atoms with Crippen LogP contribution in [0.25, 0.3) is 6.08 Å². The first-order chi connectivity index (χ1) is 9.49. The first-order valence-electron chi connectivity index (χ1n) is 6.33. The SMILES string of the molecule is CN(C)C(=O)CCCOc1ccc(C=CC(=O)O)cc1. The second kappa shape index (κ2) is 7.99. The average molecular weight is 277 g/mol. The van der Waals surface area contributed by atoms with Gasteiger partial charge in [0.25, 0.3) is 0 Å². The van der Waals surface area contributed by atoms with Crippen molar-refractivity contribution in [2.45, 2.75) is 12.8 Å². The van der Waals surface area contributed by atoms with E-state index in [0.717, 1.165) is 11.6 Å². The second-order valence-electron chi connectivity index (χ2n) is 4.48. The normalized spacial score (nSPS) is 10.5. The molecule has 0 aromatic heterocycles. The summed E-state index contributed by atoms with van der Waals surface area (Å²) in [6.07, 6.45) is 3.73. The molecule has 0 saturated carbocycles. The van der Waals surface area contributed by atoms with Gasteiger partial charge in [0.1, 0.15) is 5.75 Å². The van der Waals surface area contributed by atoms with Gasteiger partial charge < -0.3 is 14.7 Å². The topological polar surface area (TPSA) is 66.8 Å². The second-order valence-corrected chi connectivity index (χ2v) is 4.48. The molecule has 0 unspecified atom stereocenters. The summed E-state index contributed by atoms with van der Waals surface area (Å²) >= 11 is 0. The van der Waals surface area contributed by atoms with Crippen LogP contribution in [-0.2, 0) is 9.59 Å². The minimum absolute atomic E-state index is 0.0859. The Balaban J connectivity index is 2.35. The molecular formula is C15H19NO4. The minimum atomic E-state index is -0.976. The maximum atomic E-state index is 11.3. The number of aliphatic carboxylic acids is 1. The molecule has 0 aliphatic rings. The van der Waals surface area contributed by atoms with Crippen LogP contribution in [0, 0.1) is 0 Å². The Labute approximate surface area is 118 Å². The zero-order valence-corrected chi connectivity index (χ0v) is 11.7. The van der Waals surface area contributed by atoms with Gasteiger partial charge in [-0.2, -0.15) is 0 Å². The van der Waals surface area contributed by atoms with E-state index in [2.05, 4.69) is 0 Å². The lowest BCUT2D eigenvalue weighted by Crippen LogP contribution is -2.21. The van der Waals surface area contributed by atoms with E-state index < -0.39 is 5.97 Å². The van der Waals surface area contributed by atoms with Crippen LogP contribution in [0.1, 0.15) is 18.4 Å². The third-order valence-electron chi connectivity index (χ3n) is 2.60. The number of hydrogen-bond acceptors (Lipinski definition) is 3. The van der Waals surface area contributed by atoms with Gasteiger partial charge in [-0.1, -0.05) is 12.1 Å². The fourth-order valence-corrected chi connectivity index (χ4v) is 1.48. The Bertz CT molecular complexity index is 477. The van der Waals surface area contributed by atoms with Crippen LogP contribution in [0.5, 0.6) is 5.75 Å². The summed E-state index contributed by atoms with van der Waals surface area (Å²) in [6, 6.07) is 7.10. The van der Waals surface area contributed by atoms with Crippen LogP contribution < -0.4 is 4.74 Å². The number of rotatable bonds is 7. The van der Waals surface area contributed by atoms with E-state index in [9.17, 15) is 9.59 Å². The Morgan fingerprint density at radius 1 is 1.25 bits per heavy atom. The summed E-state index contributed by atoms with van der Waals surface area (Å²) in [4.78, 5) is 23.3. The number of ether oxygens (including phenoxy) is 1. The quantitative estimate of drug-likeness (QED) is 0.611. The predicted molar refractivity (Wildman–Crippen MR) is 76.5 cm³/mol. The molecule has 0 spiro atoms. The summed E-state index contributed by atoms with van der Waals surface area (Å²) in [5, 5.41) is 8.51. The number of carbonyl (C=O) groups excluding carboxylic acids is 1. The lowest BCUT2D eigenvalue weighted by atomic mass is 10.2. The molecule has 0 bridgehead atoms. The fraction of sp³-hybridized carbons (Fsp3) is 0.333. The van der Waals surface area contributed by atoms with Crippen molar-refractivity contribution in [1.82, 2.24) is 4.90 Å². The molecule has 0 radical (unpaired) electrons. The molecule has 0 saturated heterocycles. The monoisotopic (exact) mass is 277 g/mol. The van der Waals surface area contributed by atoms with Crippen LogP contribution >= 0.6 is 0 Å². The first kappa shape index (κ1) is 15.8. The van der Waals surface area contributed by atoms with Crippen molar-refractivity contribution in [3.05, 3.63) is 35.9 Å². The summed E-state index contributed by atoms with van der Waals surface area (Å²) < 4.78 is 5.51. The summed E-state index contributed by atoms with van der Waals surface area (Å²) in [5.41, 5.74) is 0.794. The molecule has 20 heavy (non-hydrogen) atoms. The lowest BCUT2D eigenvalue weighted by molar-refractivity contribution is -0.131. The Hall–Kier alpha value is -2.30. The van der Waals surface area contributed by atoms with Gasteiger partial charge in [0.05, 0.1) is 6.61 Å². The van der Waals surface area contributed by atoms with Crippen LogP contribution in [0.4, 0.5) is 0 Å². The molecule has 0 heterocycles. The fourth-order valence-electron chi connectivity index (χ4n) is 1.48. The molecule has 0 fully saturated rings. The van der Waals surface area contributed by atoms with E-state index in [1.165, 1.54) is 6.08 Å². The van der Waals surface area contributed by atoms with E-state index >= 15 is 0 Å². The average Bonchev–Trinajstić information content (AvgIpc) is 2.42. The summed E-state index contributed by atoms with van der Waals surface area (Å²) in [6.45, 7) is 0.476. The molecule has 0 aliphatic carbocycles. The lowest BCUT2D eigenvalue weighted by Gasteiger charge is -2.10. The van der Waals surface area contributed by atoms with Gasteiger partial charge in [0, 0.05) is 26.6 Å². The summed E-state index contributed by atoms with van der Waals surface area (Å²) in [7, 11) is 3.46. The van der Waals surface area contributed by atoms with Gasteiger partial charge >= 0.3 is 5.97 Å². The largest absolute Gasteiger partial charge is 0.494 e. The molecule has 5 heteroatoms. The van der Waals surface area contributed by atoms with E-state index in [1.54, 1.807) is 43.3 Å². The third-order valence-corrected chi connectivity index (χ3v) is 2.60. The van der Waals surface area contributed by atoms with Gasteiger partial charge in [-0.05, 0) is 30.2 Å². The van der Waals surface area contributed by atoms with E-state index in [4.69, 9.17) is 9.84 Å². The molecule has 5 nitrogen and oxygen atoms in total. The number of benzene rings is 1. The first-order valence-corrected chi connectivity index (χ1v) is 6.33. The van der Waals surface area contributed by atoms with E-state index in [1.807, 2.05) is 0 Å². The Kier molecular flexibility index (Phi) is 6.29. The van der Waals surface area contributed by atoms with Gasteiger partial charge in [-0.25, -0.2) is 4.79 Å². The van der Waals surface area contributed by atoms with Crippen molar-refractivity contribution in [3.63, 3.8) is 0 Å². The Morgan fingerprint density at radius 2 is 1.90 bits per heavy atom. The molecular weight excluding hydrogens is 258 g/mol. The molecule has 1 aromatic carbocycles. The van der Waals surface area contributed by atoms with Gasteiger partial charge in [-0.15, -0.1) is 0 Å². The highest BCUT2D eigenvalue weighted by molar-refractivity contribution is 5.85. The van der Waals surface area contributed by atoms with Crippen LogP contribution in [0.2, 0.25) is 0 Å². The van der Waals surface area contributed by atoms with E-state index in [0.29, 0.717) is 25.2 Å². The minimum Gasteiger partial charge on any atom is -0.494 e. The van der Waals surface area contributed by atoms with Crippen molar-refractivity contribution in [2.24, 2.45) is 0 Å². The van der Waals surface area contributed by atoms with Crippen molar-refractivity contribution < 1.29 is 19.4 Å². The van der Waals surface area contributed by atoms with Gasteiger partial charge in [0.15, 0.2) is 0 Å². The maximum absolute atomic E-state index is 11.3. The number of carbonyl (C=O) groups is 2. The van der Waals surface area contributed by atoms with Crippen molar-refractivity contribution in [1.29, 1.82) is 0 Å². The highest BCUT2D eigenvalue weighted by atomic mass is 16.5.